The van der Waals surface area contributed by atoms with Gasteiger partial charge in [0.05, 0.1) is 29.8 Å². The van der Waals surface area contributed by atoms with Crippen molar-refractivity contribution in [2.45, 2.75) is 6.92 Å². The number of nitrogens with zero attached hydrogens (tertiary/aromatic N) is 6. The number of hydrogen-bond acceptors (Lipinski definition) is 7. The number of carbonyl (C=O) groups excluding carboxylic acids is 3. The number of pyridine rings is 1. The lowest BCUT2D eigenvalue weighted by Gasteiger charge is -2.33. The third-order valence-electron chi connectivity index (χ3n) is 5.02. The van der Waals surface area contributed by atoms with Gasteiger partial charge in [-0.15, -0.1) is 0 Å². The molecule has 1 atom stereocenters. The van der Waals surface area contributed by atoms with Crippen LogP contribution >= 0.6 is 9.24 Å². The van der Waals surface area contributed by atoms with E-state index in [1.807, 2.05) is 0 Å². The Balaban J connectivity index is 1.68. The summed E-state index contributed by atoms with van der Waals surface area (Å²) < 4.78 is 6.88. The van der Waals surface area contributed by atoms with Crippen molar-refractivity contribution < 1.29 is 19.1 Å². The highest BCUT2D eigenvalue weighted by atomic mass is 31.0. The first kappa shape index (κ1) is 20.0. The van der Waals surface area contributed by atoms with Crippen LogP contribution in [0.15, 0.2) is 18.7 Å². The zero-order valence-electron chi connectivity index (χ0n) is 16.5. The molecule has 12 heteroatoms. The van der Waals surface area contributed by atoms with Crippen molar-refractivity contribution >= 4 is 37.5 Å². The van der Waals surface area contributed by atoms with Crippen molar-refractivity contribution in [3.63, 3.8) is 0 Å². The number of nitrogens with one attached hydrogen (secondary N) is 1. The molecule has 3 aromatic heterocycles. The summed E-state index contributed by atoms with van der Waals surface area (Å²) in [7, 11) is 3.59. The molecule has 1 saturated heterocycles. The summed E-state index contributed by atoms with van der Waals surface area (Å²) in [5, 5.41) is 4.71. The van der Waals surface area contributed by atoms with Gasteiger partial charge in [-0.05, 0) is 16.2 Å². The Labute approximate surface area is 173 Å². The minimum absolute atomic E-state index is 0.127. The van der Waals surface area contributed by atoms with Gasteiger partial charge < -0.3 is 19.5 Å². The van der Waals surface area contributed by atoms with Crippen molar-refractivity contribution in [2.24, 2.45) is 0 Å². The van der Waals surface area contributed by atoms with Crippen LogP contribution in [0.3, 0.4) is 0 Å². The number of amides is 2. The average Bonchev–Trinajstić information content (AvgIpc) is 3.39. The molecule has 0 saturated carbocycles. The van der Waals surface area contributed by atoms with Crippen LogP contribution in [0.4, 0.5) is 4.79 Å². The Bertz CT molecular complexity index is 1150. The second-order valence-electron chi connectivity index (χ2n) is 6.79. The first-order chi connectivity index (χ1) is 14.4. The van der Waals surface area contributed by atoms with E-state index in [0.717, 1.165) is 0 Å². The molecule has 11 nitrogen and oxygen atoms in total. The largest absolute Gasteiger partial charge is 0.494 e. The van der Waals surface area contributed by atoms with E-state index < -0.39 is 11.7 Å². The van der Waals surface area contributed by atoms with Gasteiger partial charge in [0.1, 0.15) is 17.9 Å². The molecule has 0 spiro atoms. The van der Waals surface area contributed by atoms with Gasteiger partial charge in [0.25, 0.3) is 11.7 Å². The van der Waals surface area contributed by atoms with Crippen molar-refractivity contribution in [1.82, 2.24) is 34.5 Å². The Kier molecular flexibility index (Phi) is 5.21. The molecule has 3 aromatic rings. The maximum atomic E-state index is 13.0. The second-order valence-corrected chi connectivity index (χ2v) is 7.28. The number of rotatable bonds is 4. The van der Waals surface area contributed by atoms with Gasteiger partial charge in [0.15, 0.2) is 5.82 Å². The zero-order valence-corrected chi connectivity index (χ0v) is 17.6. The minimum Gasteiger partial charge on any atom is -0.494 e. The summed E-state index contributed by atoms with van der Waals surface area (Å²) in [4.78, 5) is 51.9. The molecule has 4 heterocycles. The predicted octanol–water partition coefficient (Wildman–Crippen LogP) is 0.783. The molecule has 1 aliphatic rings. The van der Waals surface area contributed by atoms with E-state index in [1.54, 1.807) is 11.8 Å². The van der Waals surface area contributed by atoms with Crippen LogP contribution in [0.5, 0.6) is 5.75 Å². The van der Waals surface area contributed by atoms with Crippen molar-refractivity contribution in [1.29, 1.82) is 0 Å². The van der Waals surface area contributed by atoms with E-state index in [4.69, 9.17) is 4.74 Å². The molecule has 1 N–H and O–H groups in total. The highest BCUT2D eigenvalue weighted by molar-refractivity contribution is 7.39. The molecule has 0 aliphatic carbocycles. The Morgan fingerprint density at radius 1 is 1.13 bits per heavy atom. The number of Topliss-reactive ketones (excluding diaryl/α,β-unsaturated/α-hetero) is 1. The first-order valence-electron chi connectivity index (χ1n) is 9.21. The average molecular weight is 429 g/mol. The smallest absolute Gasteiger partial charge is 0.295 e. The second kappa shape index (κ2) is 7.83. The van der Waals surface area contributed by atoms with E-state index in [9.17, 15) is 14.4 Å². The number of hydrogen-bond donors (Lipinski definition) is 1. The van der Waals surface area contributed by atoms with Gasteiger partial charge in [-0.3, -0.25) is 14.4 Å². The Hall–Kier alpha value is -3.33. The summed E-state index contributed by atoms with van der Waals surface area (Å²) >= 11 is 0. The van der Waals surface area contributed by atoms with Gasteiger partial charge in [0, 0.05) is 32.4 Å². The Morgan fingerprint density at radius 2 is 1.83 bits per heavy atom. The number of ether oxygens (including phenoxy) is 1. The van der Waals surface area contributed by atoms with E-state index in [2.05, 4.69) is 29.3 Å². The molecule has 2 amide bonds. The molecule has 1 aliphatic heterocycles. The van der Waals surface area contributed by atoms with E-state index >= 15 is 0 Å². The van der Waals surface area contributed by atoms with Crippen LogP contribution in [0.25, 0.3) is 16.7 Å². The Morgan fingerprint density at radius 3 is 2.43 bits per heavy atom. The first-order valence-corrected chi connectivity index (χ1v) is 9.79. The third-order valence-corrected chi connectivity index (χ3v) is 5.38. The number of fused-ring (bicyclic) bond motifs is 1. The predicted molar refractivity (Wildman–Crippen MR) is 110 cm³/mol. The fraction of sp³-hybridized carbons (Fsp3) is 0.333. The fourth-order valence-corrected chi connectivity index (χ4v) is 3.71. The van der Waals surface area contributed by atoms with Crippen LogP contribution in [0, 0.1) is 6.92 Å². The number of aromatic amines is 1. The number of ketones is 1. The molecule has 0 radical (unpaired) electrons. The molecule has 0 aromatic carbocycles. The lowest BCUT2D eigenvalue weighted by atomic mass is 10.1. The number of methoxy groups -OCH3 is 1. The van der Waals surface area contributed by atoms with Gasteiger partial charge in [-0.25, -0.2) is 14.6 Å². The van der Waals surface area contributed by atoms with Gasteiger partial charge >= 0.3 is 0 Å². The van der Waals surface area contributed by atoms with E-state index in [-0.39, 0.29) is 11.2 Å². The third kappa shape index (κ3) is 3.41. The lowest BCUT2D eigenvalue weighted by molar-refractivity contribution is -0.127. The molecule has 30 heavy (non-hydrogen) atoms. The zero-order chi connectivity index (χ0) is 21.4. The van der Waals surface area contributed by atoms with Crippen molar-refractivity contribution in [2.75, 3.05) is 33.3 Å². The SMILES string of the molecule is COc1cnc(-n2cnc(C)n2)c2[nH]cc(C(=O)C(=O)N3CCN(C(=O)P)CC3)c12. The molecule has 1 fully saturated rings. The molecule has 4 rings (SSSR count). The molecular formula is C18H20N7O4P. The van der Waals surface area contributed by atoms with Gasteiger partial charge in [0.2, 0.25) is 5.65 Å². The minimum atomic E-state index is -0.655. The highest BCUT2D eigenvalue weighted by Gasteiger charge is 2.30. The van der Waals surface area contributed by atoms with Crippen LogP contribution in [-0.2, 0) is 4.79 Å². The normalized spacial score (nSPS) is 14.2. The summed E-state index contributed by atoms with van der Waals surface area (Å²) in [6.07, 6.45) is 4.47. The maximum Gasteiger partial charge on any atom is 0.295 e. The van der Waals surface area contributed by atoms with Crippen LogP contribution in [-0.4, -0.2) is 85.2 Å². The molecular weight excluding hydrogens is 409 g/mol. The lowest BCUT2D eigenvalue weighted by Crippen LogP contribution is -2.51. The van der Waals surface area contributed by atoms with Crippen LogP contribution in [0.1, 0.15) is 16.2 Å². The molecule has 156 valence electrons. The summed E-state index contributed by atoms with van der Waals surface area (Å²) in [6, 6.07) is 0. The number of carbonyl (C=O) groups is 3. The topological polar surface area (TPSA) is 126 Å². The summed E-state index contributed by atoms with van der Waals surface area (Å²) in [5.41, 5.74) is 0.573. The van der Waals surface area contributed by atoms with E-state index in [0.29, 0.717) is 54.5 Å². The fourth-order valence-electron chi connectivity index (χ4n) is 3.45. The molecule has 1 unspecified atom stereocenters. The van der Waals surface area contributed by atoms with Gasteiger partial charge in [-0.1, -0.05) is 0 Å². The van der Waals surface area contributed by atoms with Gasteiger partial charge in [-0.2, -0.15) is 5.10 Å². The van der Waals surface area contributed by atoms with Crippen molar-refractivity contribution in [3.8, 4) is 11.6 Å². The van der Waals surface area contributed by atoms with Crippen LogP contribution in [0.2, 0.25) is 0 Å². The number of aromatic nitrogens is 5. The van der Waals surface area contributed by atoms with E-state index in [1.165, 1.54) is 35.4 Å². The van der Waals surface area contributed by atoms with Crippen LogP contribution < -0.4 is 4.74 Å². The number of aryl methyl sites for hydroxylation is 1. The maximum absolute atomic E-state index is 13.0. The van der Waals surface area contributed by atoms with Crippen molar-refractivity contribution in [3.05, 3.63) is 30.1 Å². The summed E-state index contributed by atoms with van der Waals surface area (Å²) in [6.45, 7) is 3.13. The molecule has 0 bridgehead atoms. The quantitative estimate of drug-likeness (QED) is 0.369. The number of H-pyrrole nitrogens is 1. The standard InChI is InChI=1S/C18H20N7O4P/c1-10-21-9-25(22-10)16-14-13(12(29-2)8-20-16)11(7-19-14)15(26)17(27)23-3-5-24(6-4-23)18(28)30/h7-9,19H,3-6,30H2,1-2H3. The highest BCUT2D eigenvalue weighted by Crippen LogP contribution is 2.31. The monoisotopic (exact) mass is 429 g/mol. The summed E-state index contributed by atoms with van der Waals surface area (Å²) in [5.74, 6) is 0.0923. The number of piperazine rings is 1.